The molecule has 0 aliphatic heterocycles. The van der Waals surface area contributed by atoms with Gasteiger partial charge >= 0.3 is 0 Å². The van der Waals surface area contributed by atoms with Gasteiger partial charge < -0.3 is 5.32 Å². The Hall–Kier alpha value is -2.23. The molecular weight excluding hydrogens is 226 g/mol. The lowest BCUT2D eigenvalue weighted by Crippen LogP contribution is -2.15. The van der Waals surface area contributed by atoms with Crippen molar-refractivity contribution in [1.82, 2.24) is 10.2 Å². The molecule has 0 spiro atoms. The maximum atomic E-state index is 12.0. The summed E-state index contributed by atoms with van der Waals surface area (Å²) in [6.07, 6.45) is 0.871. The molecule has 2 rings (SSSR count). The van der Waals surface area contributed by atoms with E-state index in [0.717, 1.165) is 23.4 Å². The molecule has 0 aliphatic rings. The summed E-state index contributed by atoms with van der Waals surface area (Å²) < 4.78 is 0. The molecule has 1 aromatic carbocycles. The van der Waals surface area contributed by atoms with Gasteiger partial charge in [0.2, 0.25) is 0 Å². The first-order valence-corrected chi connectivity index (χ1v) is 5.90. The van der Waals surface area contributed by atoms with Crippen LogP contribution in [-0.2, 0) is 6.42 Å². The quantitative estimate of drug-likeness (QED) is 0.898. The smallest absolute Gasteiger partial charge is 0.276 e. The maximum absolute atomic E-state index is 12.0. The predicted octanol–water partition coefficient (Wildman–Crippen LogP) is 2.60. The van der Waals surface area contributed by atoms with E-state index >= 15 is 0 Å². The van der Waals surface area contributed by atoms with Gasteiger partial charge in [0.25, 0.3) is 5.91 Å². The average Bonchev–Trinajstić information content (AvgIpc) is 2.40. The molecule has 0 aliphatic carbocycles. The highest BCUT2D eigenvalue weighted by atomic mass is 16.1. The number of rotatable bonds is 3. The topological polar surface area (TPSA) is 54.9 Å². The fourth-order valence-electron chi connectivity index (χ4n) is 1.66. The van der Waals surface area contributed by atoms with Gasteiger partial charge in [-0.05, 0) is 37.1 Å². The first-order chi connectivity index (χ1) is 8.70. The summed E-state index contributed by atoms with van der Waals surface area (Å²) in [5, 5.41) is 10.6. The normalized spacial score (nSPS) is 10.1. The summed E-state index contributed by atoms with van der Waals surface area (Å²) in [6.45, 7) is 3.89. The van der Waals surface area contributed by atoms with Crippen LogP contribution in [0.1, 0.15) is 28.7 Å². The predicted molar refractivity (Wildman–Crippen MR) is 70.5 cm³/mol. The molecule has 0 saturated carbocycles. The molecule has 4 nitrogen and oxygen atoms in total. The minimum atomic E-state index is -0.233. The molecule has 1 amide bonds. The molecule has 0 radical (unpaired) electrons. The SMILES string of the molecule is CCc1ccccc1NC(=O)c1ccc(C)nn1. The number of amides is 1. The van der Waals surface area contributed by atoms with Crippen molar-refractivity contribution in [3.05, 3.63) is 53.3 Å². The zero-order chi connectivity index (χ0) is 13.0. The largest absolute Gasteiger partial charge is 0.320 e. The average molecular weight is 241 g/mol. The van der Waals surface area contributed by atoms with Crippen LogP contribution in [0.4, 0.5) is 5.69 Å². The molecule has 1 aromatic heterocycles. The van der Waals surface area contributed by atoms with E-state index in [4.69, 9.17) is 0 Å². The Morgan fingerprint density at radius 3 is 2.61 bits per heavy atom. The lowest BCUT2D eigenvalue weighted by molar-refractivity contribution is 0.102. The number of hydrogen-bond acceptors (Lipinski definition) is 3. The van der Waals surface area contributed by atoms with Crippen LogP contribution in [0, 0.1) is 6.92 Å². The lowest BCUT2D eigenvalue weighted by Gasteiger charge is -2.08. The molecule has 0 saturated heterocycles. The van der Waals surface area contributed by atoms with Crippen molar-refractivity contribution in [2.45, 2.75) is 20.3 Å². The van der Waals surface area contributed by atoms with Crippen molar-refractivity contribution in [2.75, 3.05) is 5.32 Å². The third-order valence-corrected chi connectivity index (χ3v) is 2.68. The minimum absolute atomic E-state index is 0.233. The second-order valence-electron chi connectivity index (χ2n) is 4.02. The molecule has 0 atom stereocenters. The Morgan fingerprint density at radius 1 is 1.17 bits per heavy atom. The number of aromatic nitrogens is 2. The first kappa shape index (κ1) is 12.2. The Kier molecular flexibility index (Phi) is 3.67. The fraction of sp³-hybridized carbons (Fsp3) is 0.214. The molecule has 0 bridgehead atoms. The summed E-state index contributed by atoms with van der Waals surface area (Å²) in [5.41, 5.74) is 3.05. The van der Waals surface area contributed by atoms with Gasteiger partial charge in [-0.25, -0.2) is 0 Å². The third kappa shape index (κ3) is 2.71. The summed E-state index contributed by atoms with van der Waals surface area (Å²) in [5.74, 6) is -0.233. The number of carbonyl (C=O) groups is 1. The third-order valence-electron chi connectivity index (χ3n) is 2.68. The molecule has 92 valence electrons. The van der Waals surface area contributed by atoms with E-state index in [2.05, 4.69) is 22.4 Å². The maximum Gasteiger partial charge on any atom is 0.276 e. The van der Waals surface area contributed by atoms with E-state index in [9.17, 15) is 4.79 Å². The zero-order valence-electron chi connectivity index (χ0n) is 10.5. The number of nitrogens with zero attached hydrogens (tertiary/aromatic N) is 2. The molecule has 2 aromatic rings. The molecule has 4 heteroatoms. The van der Waals surface area contributed by atoms with E-state index < -0.39 is 0 Å². The summed E-state index contributed by atoms with van der Waals surface area (Å²) in [6, 6.07) is 11.2. The molecular formula is C14H15N3O. The number of aryl methyl sites for hydroxylation is 2. The molecule has 18 heavy (non-hydrogen) atoms. The fourth-order valence-corrected chi connectivity index (χ4v) is 1.66. The van der Waals surface area contributed by atoms with Crippen molar-refractivity contribution < 1.29 is 4.79 Å². The summed E-state index contributed by atoms with van der Waals surface area (Å²) >= 11 is 0. The highest BCUT2D eigenvalue weighted by Gasteiger charge is 2.09. The van der Waals surface area contributed by atoms with Gasteiger partial charge in [0.05, 0.1) is 5.69 Å². The van der Waals surface area contributed by atoms with Crippen LogP contribution in [0.2, 0.25) is 0 Å². The first-order valence-electron chi connectivity index (χ1n) is 5.90. The molecule has 0 fully saturated rings. The number of nitrogens with one attached hydrogen (secondary N) is 1. The highest BCUT2D eigenvalue weighted by molar-refractivity contribution is 6.03. The van der Waals surface area contributed by atoms with Crippen molar-refractivity contribution in [3.63, 3.8) is 0 Å². The number of carbonyl (C=O) groups excluding carboxylic acids is 1. The van der Waals surface area contributed by atoms with Crippen LogP contribution < -0.4 is 5.32 Å². The van der Waals surface area contributed by atoms with Gasteiger partial charge in [-0.1, -0.05) is 25.1 Å². The van der Waals surface area contributed by atoms with Gasteiger partial charge in [0.15, 0.2) is 5.69 Å². The van der Waals surface area contributed by atoms with Crippen molar-refractivity contribution in [2.24, 2.45) is 0 Å². The van der Waals surface area contributed by atoms with Crippen molar-refractivity contribution in [3.8, 4) is 0 Å². The Bertz CT molecular complexity index is 549. The Balaban J connectivity index is 2.18. The standard InChI is InChI=1S/C14H15N3O/c1-3-11-6-4-5-7-12(11)15-14(18)13-9-8-10(2)16-17-13/h4-9H,3H2,1-2H3,(H,15,18). The van der Waals surface area contributed by atoms with Crippen molar-refractivity contribution >= 4 is 11.6 Å². The van der Waals surface area contributed by atoms with Gasteiger partial charge in [-0.3, -0.25) is 4.79 Å². The summed E-state index contributed by atoms with van der Waals surface area (Å²) in [4.78, 5) is 12.0. The molecule has 0 unspecified atom stereocenters. The zero-order valence-corrected chi connectivity index (χ0v) is 10.5. The van der Waals surface area contributed by atoms with E-state index in [1.165, 1.54) is 0 Å². The Labute approximate surface area is 106 Å². The molecule has 1 heterocycles. The second-order valence-corrected chi connectivity index (χ2v) is 4.02. The number of hydrogen-bond donors (Lipinski definition) is 1. The van der Waals surface area contributed by atoms with Crippen LogP contribution in [0.15, 0.2) is 36.4 Å². The van der Waals surface area contributed by atoms with E-state index in [0.29, 0.717) is 5.69 Å². The van der Waals surface area contributed by atoms with Crippen LogP contribution in [-0.4, -0.2) is 16.1 Å². The highest BCUT2D eigenvalue weighted by Crippen LogP contribution is 2.16. The summed E-state index contributed by atoms with van der Waals surface area (Å²) in [7, 11) is 0. The number of anilines is 1. The van der Waals surface area contributed by atoms with Crippen molar-refractivity contribution in [1.29, 1.82) is 0 Å². The minimum Gasteiger partial charge on any atom is -0.320 e. The number of para-hydroxylation sites is 1. The van der Waals surface area contributed by atoms with Crippen LogP contribution in [0.25, 0.3) is 0 Å². The van der Waals surface area contributed by atoms with Crippen LogP contribution in [0.3, 0.4) is 0 Å². The van der Waals surface area contributed by atoms with Gasteiger partial charge in [-0.15, -0.1) is 5.10 Å². The number of benzene rings is 1. The lowest BCUT2D eigenvalue weighted by atomic mass is 10.1. The van der Waals surface area contributed by atoms with Crippen LogP contribution in [0.5, 0.6) is 0 Å². The monoisotopic (exact) mass is 241 g/mol. The second kappa shape index (κ2) is 5.40. The van der Waals surface area contributed by atoms with Gasteiger partial charge in [-0.2, -0.15) is 5.10 Å². The van der Waals surface area contributed by atoms with E-state index in [1.54, 1.807) is 12.1 Å². The van der Waals surface area contributed by atoms with E-state index in [-0.39, 0.29) is 5.91 Å². The van der Waals surface area contributed by atoms with Gasteiger partial charge in [0, 0.05) is 5.69 Å². The van der Waals surface area contributed by atoms with Gasteiger partial charge in [0.1, 0.15) is 0 Å². The van der Waals surface area contributed by atoms with E-state index in [1.807, 2.05) is 31.2 Å². The van der Waals surface area contributed by atoms with Crippen LogP contribution >= 0.6 is 0 Å². The molecule has 1 N–H and O–H groups in total. The Morgan fingerprint density at radius 2 is 1.94 bits per heavy atom.